The average molecular weight is 424 g/mol. The summed E-state index contributed by atoms with van der Waals surface area (Å²) < 4.78 is 40.0. The minimum absolute atomic E-state index is 0.0408. The number of carbonyl (C=O) groups excluding carboxylic acids is 1. The molecule has 5 nitrogen and oxygen atoms in total. The quantitative estimate of drug-likeness (QED) is 0.587. The van der Waals surface area contributed by atoms with Crippen molar-refractivity contribution >= 4 is 27.7 Å². The molecule has 0 unspecified atom stereocenters. The van der Waals surface area contributed by atoms with Gasteiger partial charge in [-0.3, -0.25) is 4.79 Å². The van der Waals surface area contributed by atoms with Crippen molar-refractivity contribution in [3.63, 3.8) is 0 Å². The van der Waals surface area contributed by atoms with Crippen LogP contribution in [0.15, 0.2) is 90.3 Å². The molecule has 0 aliphatic carbocycles. The lowest BCUT2D eigenvalue weighted by atomic mass is 10.2. The van der Waals surface area contributed by atoms with Crippen LogP contribution in [-0.4, -0.2) is 25.2 Å². The maximum Gasteiger partial charge on any atom is 0.239 e. The molecule has 0 atom stereocenters. The molecular formula is C23H21FN2O3S. The summed E-state index contributed by atoms with van der Waals surface area (Å²) >= 11 is 0. The Labute approximate surface area is 175 Å². The van der Waals surface area contributed by atoms with Crippen molar-refractivity contribution in [2.24, 2.45) is 0 Å². The van der Waals surface area contributed by atoms with Gasteiger partial charge in [-0.1, -0.05) is 60.7 Å². The normalized spacial score (nSPS) is 11.7. The molecule has 7 heteroatoms. The standard InChI is InChI=1S/C23H21FN2O3S/c24-21-11-13-22(14-12-21)25-23(27)18-26(17-20-9-5-2-6-10-20)30(28,29)16-15-19-7-3-1-4-8-19/h1-16H,17-18H2,(H,25,27)/b16-15+. The number of carbonyl (C=O) groups is 1. The van der Waals surface area contributed by atoms with Gasteiger partial charge in [-0.15, -0.1) is 0 Å². The van der Waals surface area contributed by atoms with Gasteiger partial charge in [0.1, 0.15) is 5.82 Å². The van der Waals surface area contributed by atoms with Gasteiger partial charge in [0.05, 0.1) is 6.54 Å². The van der Waals surface area contributed by atoms with Crippen LogP contribution in [0.2, 0.25) is 0 Å². The molecule has 0 bridgehead atoms. The zero-order chi connectivity index (χ0) is 21.4. The molecule has 154 valence electrons. The molecule has 3 aromatic rings. The van der Waals surface area contributed by atoms with Gasteiger partial charge >= 0.3 is 0 Å². The van der Waals surface area contributed by atoms with Gasteiger partial charge in [0, 0.05) is 17.6 Å². The van der Waals surface area contributed by atoms with Crippen LogP contribution in [0.3, 0.4) is 0 Å². The Morgan fingerprint density at radius 1 is 0.900 bits per heavy atom. The van der Waals surface area contributed by atoms with E-state index in [1.54, 1.807) is 36.4 Å². The molecule has 0 heterocycles. The SMILES string of the molecule is O=C(CN(Cc1ccccc1)S(=O)(=O)/C=C/c1ccccc1)Nc1ccc(F)cc1. The minimum atomic E-state index is -3.88. The Balaban J connectivity index is 1.79. The zero-order valence-corrected chi connectivity index (χ0v) is 16.9. The maximum absolute atomic E-state index is 13.0. The third-order valence-electron chi connectivity index (χ3n) is 4.24. The fourth-order valence-corrected chi connectivity index (χ4v) is 3.86. The van der Waals surface area contributed by atoms with Crippen LogP contribution in [0, 0.1) is 5.82 Å². The molecule has 30 heavy (non-hydrogen) atoms. The zero-order valence-electron chi connectivity index (χ0n) is 16.1. The maximum atomic E-state index is 13.0. The molecule has 3 aromatic carbocycles. The summed E-state index contributed by atoms with van der Waals surface area (Å²) in [5.74, 6) is -0.943. The second kappa shape index (κ2) is 9.96. The molecule has 0 saturated heterocycles. The van der Waals surface area contributed by atoms with E-state index in [9.17, 15) is 17.6 Å². The van der Waals surface area contributed by atoms with Crippen LogP contribution in [0.5, 0.6) is 0 Å². The number of nitrogens with zero attached hydrogens (tertiary/aromatic N) is 1. The van der Waals surface area contributed by atoms with Gasteiger partial charge in [0.15, 0.2) is 0 Å². The second-order valence-electron chi connectivity index (χ2n) is 6.57. The lowest BCUT2D eigenvalue weighted by molar-refractivity contribution is -0.116. The van der Waals surface area contributed by atoms with Crippen molar-refractivity contribution < 1.29 is 17.6 Å². The fourth-order valence-electron chi connectivity index (χ4n) is 2.73. The number of sulfonamides is 1. The van der Waals surface area contributed by atoms with E-state index < -0.39 is 21.7 Å². The summed E-state index contributed by atoms with van der Waals surface area (Å²) in [6, 6.07) is 23.3. The summed E-state index contributed by atoms with van der Waals surface area (Å²) in [6.07, 6.45) is 1.49. The number of hydrogen-bond acceptors (Lipinski definition) is 3. The van der Waals surface area contributed by atoms with Gasteiger partial charge in [-0.05, 0) is 41.5 Å². The molecule has 0 aromatic heterocycles. The van der Waals surface area contributed by atoms with Crippen molar-refractivity contribution in [3.8, 4) is 0 Å². The summed E-state index contributed by atoms with van der Waals surface area (Å²) in [4.78, 5) is 12.5. The highest BCUT2D eigenvalue weighted by Crippen LogP contribution is 2.14. The summed E-state index contributed by atoms with van der Waals surface area (Å²) in [6.45, 7) is -0.340. The van der Waals surface area contributed by atoms with Crippen molar-refractivity contribution in [2.75, 3.05) is 11.9 Å². The molecule has 0 radical (unpaired) electrons. The number of rotatable bonds is 8. The van der Waals surface area contributed by atoms with Crippen molar-refractivity contribution in [2.45, 2.75) is 6.54 Å². The largest absolute Gasteiger partial charge is 0.325 e. The van der Waals surface area contributed by atoms with Crippen molar-refractivity contribution in [1.29, 1.82) is 0 Å². The second-order valence-corrected chi connectivity index (χ2v) is 8.39. The van der Waals surface area contributed by atoms with Crippen LogP contribution in [0.4, 0.5) is 10.1 Å². The summed E-state index contributed by atoms with van der Waals surface area (Å²) in [5.41, 5.74) is 1.87. The Bertz CT molecular complexity index is 1100. The number of halogens is 1. The monoisotopic (exact) mass is 424 g/mol. The van der Waals surface area contributed by atoms with E-state index >= 15 is 0 Å². The van der Waals surface area contributed by atoms with Crippen molar-refractivity contribution in [3.05, 3.63) is 107 Å². The van der Waals surface area contributed by atoms with E-state index in [2.05, 4.69) is 5.32 Å². The van der Waals surface area contributed by atoms with Gasteiger partial charge in [-0.2, -0.15) is 4.31 Å². The number of hydrogen-bond donors (Lipinski definition) is 1. The smallest absolute Gasteiger partial charge is 0.239 e. The first-order valence-electron chi connectivity index (χ1n) is 9.25. The molecule has 0 saturated carbocycles. The molecule has 0 spiro atoms. The van der Waals surface area contributed by atoms with Gasteiger partial charge in [0.25, 0.3) is 0 Å². The van der Waals surface area contributed by atoms with E-state index in [4.69, 9.17) is 0 Å². The van der Waals surface area contributed by atoms with E-state index in [-0.39, 0.29) is 13.1 Å². The number of benzene rings is 3. The van der Waals surface area contributed by atoms with Gasteiger partial charge < -0.3 is 5.32 Å². The topological polar surface area (TPSA) is 66.5 Å². The predicted molar refractivity (Wildman–Crippen MR) is 116 cm³/mol. The fraction of sp³-hybridized carbons (Fsp3) is 0.0870. The molecule has 0 aliphatic heterocycles. The van der Waals surface area contributed by atoms with Gasteiger partial charge in [0.2, 0.25) is 15.9 Å². The van der Waals surface area contributed by atoms with E-state index in [0.29, 0.717) is 5.69 Å². The highest BCUT2D eigenvalue weighted by atomic mass is 32.2. The molecule has 3 rings (SSSR count). The molecular weight excluding hydrogens is 403 g/mol. The van der Waals surface area contributed by atoms with E-state index in [1.165, 1.54) is 30.3 Å². The lowest BCUT2D eigenvalue weighted by Crippen LogP contribution is -2.36. The molecule has 1 amide bonds. The predicted octanol–water partition coefficient (Wildman–Crippen LogP) is 4.27. The summed E-state index contributed by atoms with van der Waals surface area (Å²) in [7, 11) is -3.88. The van der Waals surface area contributed by atoms with E-state index in [0.717, 1.165) is 20.8 Å². The first-order valence-corrected chi connectivity index (χ1v) is 10.8. The molecule has 1 N–H and O–H groups in total. The Morgan fingerprint density at radius 3 is 2.13 bits per heavy atom. The third kappa shape index (κ3) is 6.37. The van der Waals surface area contributed by atoms with Gasteiger partial charge in [-0.25, -0.2) is 12.8 Å². The molecule has 0 aliphatic rings. The van der Waals surface area contributed by atoms with Crippen LogP contribution in [0.25, 0.3) is 6.08 Å². The number of nitrogens with one attached hydrogen (secondary N) is 1. The number of anilines is 1. The third-order valence-corrected chi connectivity index (χ3v) is 5.70. The summed E-state index contributed by atoms with van der Waals surface area (Å²) in [5, 5.41) is 3.69. The number of amides is 1. The van der Waals surface area contributed by atoms with E-state index in [1.807, 2.05) is 24.3 Å². The first-order chi connectivity index (χ1) is 14.4. The highest BCUT2D eigenvalue weighted by molar-refractivity contribution is 7.92. The first kappa shape index (κ1) is 21.4. The van der Waals surface area contributed by atoms with Crippen LogP contribution < -0.4 is 5.32 Å². The Morgan fingerprint density at radius 2 is 1.50 bits per heavy atom. The van der Waals surface area contributed by atoms with Crippen LogP contribution in [0.1, 0.15) is 11.1 Å². The van der Waals surface area contributed by atoms with Crippen LogP contribution in [-0.2, 0) is 21.4 Å². The minimum Gasteiger partial charge on any atom is -0.325 e. The Hall–Kier alpha value is -3.29. The highest BCUT2D eigenvalue weighted by Gasteiger charge is 2.22. The average Bonchev–Trinajstić information content (AvgIpc) is 2.75. The lowest BCUT2D eigenvalue weighted by Gasteiger charge is -2.20. The Kier molecular flexibility index (Phi) is 7.11. The molecule has 0 fully saturated rings. The van der Waals surface area contributed by atoms with Crippen molar-refractivity contribution in [1.82, 2.24) is 4.31 Å². The van der Waals surface area contributed by atoms with Crippen LogP contribution >= 0.6 is 0 Å².